The van der Waals surface area contributed by atoms with Crippen LogP contribution in [0.3, 0.4) is 0 Å². The molecule has 0 radical (unpaired) electrons. The van der Waals surface area contributed by atoms with Gasteiger partial charge in [0.15, 0.2) is 0 Å². The van der Waals surface area contributed by atoms with Gasteiger partial charge in [-0.3, -0.25) is 4.98 Å². The second-order valence-electron chi connectivity index (χ2n) is 6.10. The second-order valence-corrected chi connectivity index (χ2v) is 8.73. The molecule has 0 spiro atoms. The maximum atomic E-state index is 13.0. The molecule has 0 saturated heterocycles. The summed E-state index contributed by atoms with van der Waals surface area (Å²) in [5.74, 6) is 0.323. The summed E-state index contributed by atoms with van der Waals surface area (Å²) in [6.45, 7) is 3.67. The maximum absolute atomic E-state index is 13.0. The summed E-state index contributed by atoms with van der Waals surface area (Å²) in [7, 11) is -3.90. The number of hydrogen-bond acceptors (Lipinski definition) is 4. The van der Waals surface area contributed by atoms with Crippen molar-refractivity contribution in [2.45, 2.75) is 37.5 Å². The molecule has 0 bridgehead atoms. The van der Waals surface area contributed by atoms with Crippen molar-refractivity contribution in [3.63, 3.8) is 0 Å². The molecule has 0 saturated carbocycles. The van der Waals surface area contributed by atoms with Crippen LogP contribution in [0.15, 0.2) is 46.0 Å². The lowest BCUT2D eigenvalue weighted by Crippen LogP contribution is -2.29. The lowest BCUT2D eigenvalue weighted by molar-refractivity contribution is -0.137. The lowest BCUT2D eigenvalue weighted by Gasteiger charge is -2.16. The van der Waals surface area contributed by atoms with Crippen LogP contribution in [0.1, 0.15) is 31.3 Å². The van der Waals surface area contributed by atoms with Gasteiger partial charge in [0.05, 0.1) is 22.6 Å². The van der Waals surface area contributed by atoms with E-state index in [0.717, 1.165) is 12.1 Å². The van der Waals surface area contributed by atoms with Crippen LogP contribution >= 0.6 is 15.9 Å². The van der Waals surface area contributed by atoms with E-state index in [9.17, 15) is 21.6 Å². The highest BCUT2D eigenvalue weighted by molar-refractivity contribution is 9.10. The molecule has 0 amide bonds. The SMILES string of the molecule is CCn1c([C@@H](C)NS(=O)(=O)c2cncc(Br)c2)nc2ccc(C(F)(F)F)cc21. The standard InChI is InChI=1S/C17H16BrF3N4O2S/c1-3-25-15-6-11(17(19,20)21)4-5-14(15)23-16(25)10(2)24-28(26,27)13-7-12(18)8-22-9-13/h4-10,24H,3H2,1-2H3/t10-/m1/s1. The molecule has 1 N–H and O–H groups in total. The third-order valence-corrected chi connectivity index (χ3v) is 6.07. The van der Waals surface area contributed by atoms with E-state index in [0.29, 0.717) is 27.9 Å². The Labute approximate surface area is 168 Å². The molecule has 1 aromatic carbocycles. The highest BCUT2D eigenvalue weighted by Gasteiger charge is 2.31. The number of sulfonamides is 1. The normalized spacial score (nSPS) is 13.8. The molecular weight excluding hydrogens is 461 g/mol. The number of rotatable bonds is 5. The number of fused-ring (bicyclic) bond motifs is 1. The Hall–Kier alpha value is -1.98. The fourth-order valence-electron chi connectivity index (χ4n) is 2.87. The molecule has 11 heteroatoms. The van der Waals surface area contributed by atoms with Crippen molar-refractivity contribution in [1.29, 1.82) is 0 Å². The van der Waals surface area contributed by atoms with Gasteiger partial charge in [-0.2, -0.15) is 13.2 Å². The van der Waals surface area contributed by atoms with Crippen molar-refractivity contribution >= 4 is 37.0 Å². The number of pyridine rings is 1. The number of halogens is 4. The van der Waals surface area contributed by atoms with Gasteiger partial charge in [0.25, 0.3) is 0 Å². The molecule has 0 aliphatic carbocycles. The smallest absolute Gasteiger partial charge is 0.327 e. The average molecular weight is 477 g/mol. The molecule has 0 aliphatic rings. The minimum atomic E-state index is -4.47. The molecular formula is C17H16BrF3N4O2S. The lowest BCUT2D eigenvalue weighted by atomic mass is 10.2. The van der Waals surface area contributed by atoms with E-state index < -0.39 is 27.8 Å². The van der Waals surface area contributed by atoms with Crippen molar-refractivity contribution in [2.75, 3.05) is 0 Å². The molecule has 3 aromatic rings. The van der Waals surface area contributed by atoms with Crippen LogP contribution in [0.5, 0.6) is 0 Å². The number of benzene rings is 1. The summed E-state index contributed by atoms with van der Waals surface area (Å²) in [4.78, 5) is 8.15. The van der Waals surface area contributed by atoms with Gasteiger partial charge in [-0.05, 0) is 54.0 Å². The summed E-state index contributed by atoms with van der Waals surface area (Å²) in [5, 5.41) is 0. The van der Waals surface area contributed by atoms with Gasteiger partial charge >= 0.3 is 6.18 Å². The minimum absolute atomic E-state index is 0.0350. The largest absolute Gasteiger partial charge is 0.416 e. The zero-order valence-electron chi connectivity index (χ0n) is 14.8. The Balaban J connectivity index is 2.00. The van der Waals surface area contributed by atoms with Crippen LogP contribution in [0.25, 0.3) is 11.0 Å². The van der Waals surface area contributed by atoms with E-state index >= 15 is 0 Å². The molecule has 0 fully saturated rings. The summed E-state index contributed by atoms with van der Waals surface area (Å²) in [5.41, 5.74) is -0.128. The van der Waals surface area contributed by atoms with Gasteiger partial charge < -0.3 is 4.57 Å². The molecule has 2 heterocycles. The first kappa shape index (κ1) is 20.7. The van der Waals surface area contributed by atoms with E-state index in [2.05, 4.69) is 30.6 Å². The first-order valence-corrected chi connectivity index (χ1v) is 10.5. The van der Waals surface area contributed by atoms with Gasteiger partial charge in [-0.25, -0.2) is 18.1 Å². The van der Waals surface area contributed by atoms with Crippen molar-refractivity contribution < 1.29 is 21.6 Å². The van der Waals surface area contributed by atoms with E-state index in [1.165, 1.54) is 24.5 Å². The highest BCUT2D eigenvalue weighted by atomic mass is 79.9. The van der Waals surface area contributed by atoms with Crippen LogP contribution in [0.2, 0.25) is 0 Å². The average Bonchev–Trinajstić information content (AvgIpc) is 2.98. The first-order chi connectivity index (χ1) is 13.0. The summed E-state index contributed by atoms with van der Waals surface area (Å²) in [6, 6.07) is 3.90. The molecule has 28 heavy (non-hydrogen) atoms. The van der Waals surface area contributed by atoms with Crippen LogP contribution in [-0.4, -0.2) is 23.0 Å². The fourth-order valence-corrected chi connectivity index (χ4v) is 4.58. The topological polar surface area (TPSA) is 76.9 Å². The third-order valence-electron chi connectivity index (χ3n) is 4.13. The number of imidazole rings is 1. The van der Waals surface area contributed by atoms with E-state index in [4.69, 9.17) is 0 Å². The van der Waals surface area contributed by atoms with Crippen molar-refractivity contribution in [2.24, 2.45) is 0 Å². The van der Waals surface area contributed by atoms with Crippen LogP contribution in [-0.2, 0) is 22.7 Å². The Bertz CT molecular complexity index is 1130. The van der Waals surface area contributed by atoms with Crippen molar-refractivity contribution in [3.8, 4) is 0 Å². The van der Waals surface area contributed by atoms with Crippen LogP contribution in [0.4, 0.5) is 13.2 Å². The third kappa shape index (κ3) is 4.06. The van der Waals surface area contributed by atoms with Crippen LogP contribution < -0.4 is 4.72 Å². The van der Waals surface area contributed by atoms with E-state index in [1.54, 1.807) is 18.4 Å². The van der Waals surface area contributed by atoms with Gasteiger partial charge in [0.1, 0.15) is 10.7 Å². The summed E-state index contributed by atoms with van der Waals surface area (Å²) >= 11 is 3.17. The second kappa shape index (κ2) is 7.45. The Morgan fingerprint density at radius 2 is 1.96 bits per heavy atom. The maximum Gasteiger partial charge on any atom is 0.416 e. The minimum Gasteiger partial charge on any atom is -0.327 e. The Morgan fingerprint density at radius 1 is 1.25 bits per heavy atom. The molecule has 0 aliphatic heterocycles. The number of hydrogen-bond donors (Lipinski definition) is 1. The molecule has 0 unspecified atom stereocenters. The Kier molecular flexibility index (Phi) is 5.52. The molecule has 150 valence electrons. The zero-order chi connectivity index (χ0) is 20.7. The van der Waals surface area contributed by atoms with E-state index in [-0.39, 0.29) is 4.90 Å². The predicted octanol–water partition coefficient (Wildman–Crippen LogP) is 4.27. The number of nitrogens with one attached hydrogen (secondary N) is 1. The van der Waals surface area contributed by atoms with Crippen LogP contribution in [0, 0.1) is 0 Å². The molecule has 3 rings (SSSR count). The Morgan fingerprint density at radius 3 is 2.57 bits per heavy atom. The molecule has 2 aromatic heterocycles. The van der Waals surface area contributed by atoms with Gasteiger partial charge in [0.2, 0.25) is 10.0 Å². The monoisotopic (exact) mass is 476 g/mol. The number of aryl methyl sites for hydroxylation is 1. The number of aromatic nitrogens is 3. The first-order valence-electron chi connectivity index (χ1n) is 8.23. The van der Waals surface area contributed by atoms with Crippen molar-refractivity contribution in [3.05, 3.63) is 52.5 Å². The quantitative estimate of drug-likeness (QED) is 0.596. The summed E-state index contributed by atoms with van der Waals surface area (Å²) in [6.07, 6.45) is -1.81. The fraction of sp³-hybridized carbons (Fsp3) is 0.294. The highest BCUT2D eigenvalue weighted by Crippen LogP contribution is 2.32. The predicted molar refractivity (Wildman–Crippen MR) is 101 cm³/mol. The number of alkyl halides is 3. The van der Waals surface area contributed by atoms with Crippen molar-refractivity contribution in [1.82, 2.24) is 19.3 Å². The van der Waals surface area contributed by atoms with Gasteiger partial charge in [-0.1, -0.05) is 0 Å². The molecule has 6 nitrogen and oxygen atoms in total. The zero-order valence-corrected chi connectivity index (χ0v) is 17.2. The molecule has 1 atom stereocenters. The van der Waals surface area contributed by atoms with E-state index in [1.807, 2.05) is 0 Å². The summed E-state index contributed by atoms with van der Waals surface area (Å²) < 4.78 is 68.9. The number of nitrogens with zero attached hydrogens (tertiary/aromatic N) is 3. The van der Waals surface area contributed by atoms with Gasteiger partial charge in [0, 0.05) is 23.4 Å². The van der Waals surface area contributed by atoms with Gasteiger partial charge in [-0.15, -0.1) is 0 Å².